The van der Waals surface area contributed by atoms with Crippen molar-refractivity contribution in [2.24, 2.45) is 0 Å². The first kappa shape index (κ1) is 12.7. The number of anilines is 1. The second-order valence-corrected chi connectivity index (χ2v) is 5.88. The minimum absolute atomic E-state index is 0.741. The molecule has 3 aromatic rings. The summed E-state index contributed by atoms with van der Waals surface area (Å²) in [5.74, 6) is 0. The van der Waals surface area contributed by atoms with Crippen LogP contribution in [0.2, 0.25) is 0 Å². The molecule has 1 aliphatic rings. The van der Waals surface area contributed by atoms with Gasteiger partial charge < -0.3 is 9.88 Å². The second-order valence-electron chi connectivity index (χ2n) is 5.49. The van der Waals surface area contributed by atoms with Crippen molar-refractivity contribution in [3.8, 4) is 5.69 Å². The van der Waals surface area contributed by atoms with Gasteiger partial charge in [-0.2, -0.15) is 0 Å². The molecule has 3 nitrogen and oxygen atoms in total. The molecule has 0 bridgehead atoms. The van der Waals surface area contributed by atoms with Gasteiger partial charge in [-0.15, -0.1) is 0 Å². The largest absolute Gasteiger partial charge is 0.372 e. The lowest BCUT2D eigenvalue weighted by molar-refractivity contribution is 0.949. The fourth-order valence-corrected chi connectivity index (χ4v) is 3.41. The standard InChI is InChI=1S/C17H17N3S/c21-17-18-15-5-1-2-6-16(15)20(17)14-9-7-13(8-10-14)19-11-3-4-12-19/h1-2,5-10H,3-4,11-12H2,(H,18,21). The lowest BCUT2D eigenvalue weighted by Crippen LogP contribution is -2.17. The summed E-state index contributed by atoms with van der Waals surface area (Å²) in [6.45, 7) is 2.34. The average molecular weight is 295 g/mol. The highest BCUT2D eigenvalue weighted by molar-refractivity contribution is 7.71. The predicted octanol–water partition coefficient (Wildman–Crippen LogP) is 4.29. The summed E-state index contributed by atoms with van der Waals surface area (Å²) < 4.78 is 2.84. The maximum atomic E-state index is 5.47. The summed E-state index contributed by atoms with van der Waals surface area (Å²) in [6.07, 6.45) is 2.60. The van der Waals surface area contributed by atoms with Gasteiger partial charge in [-0.3, -0.25) is 4.57 Å². The average Bonchev–Trinajstić information content (AvgIpc) is 3.14. The summed E-state index contributed by atoms with van der Waals surface area (Å²) in [6, 6.07) is 16.9. The van der Waals surface area contributed by atoms with Crippen LogP contribution in [0, 0.1) is 4.77 Å². The molecule has 2 heterocycles. The Kier molecular flexibility index (Phi) is 3.04. The third-order valence-electron chi connectivity index (χ3n) is 4.17. The molecule has 0 amide bonds. The van der Waals surface area contributed by atoms with Crippen LogP contribution in [-0.4, -0.2) is 22.6 Å². The monoisotopic (exact) mass is 295 g/mol. The van der Waals surface area contributed by atoms with Gasteiger partial charge in [0, 0.05) is 24.5 Å². The number of H-pyrrole nitrogens is 1. The van der Waals surface area contributed by atoms with Gasteiger partial charge >= 0.3 is 0 Å². The fraction of sp³-hybridized carbons (Fsp3) is 0.235. The molecule has 0 radical (unpaired) electrons. The number of para-hydroxylation sites is 2. The van der Waals surface area contributed by atoms with Crippen LogP contribution in [0.5, 0.6) is 0 Å². The molecule has 0 spiro atoms. The van der Waals surface area contributed by atoms with Gasteiger partial charge in [0.1, 0.15) is 0 Å². The molecule has 1 N–H and O–H groups in total. The van der Waals surface area contributed by atoms with Crippen molar-refractivity contribution in [3.05, 3.63) is 53.3 Å². The van der Waals surface area contributed by atoms with Crippen molar-refractivity contribution in [2.75, 3.05) is 18.0 Å². The molecule has 21 heavy (non-hydrogen) atoms. The zero-order valence-electron chi connectivity index (χ0n) is 11.7. The summed E-state index contributed by atoms with van der Waals surface area (Å²) in [4.78, 5) is 5.71. The highest BCUT2D eigenvalue weighted by Crippen LogP contribution is 2.24. The Morgan fingerprint density at radius 2 is 1.52 bits per heavy atom. The normalized spacial score (nSPS) is 15.0. The van der Waals surface area contributed by atoms with Gasteiger partial charge in [-0.25, -0.2) is 0 Å². The Balaban J connectivity index is 1.78. The van der Waals surface area contributed by atoms with Gasteiger partial charge in [0.05, 0.1) is 11.0 Å². The first-order chi connectivity index (χ1) is 10.3. The Morgan fingerprint density at radius 3 is 2.29 bits per heavy atom. The van der Waals surface area contributed by atoms with E-state index in [0.717, 1.165) is 21.5 Å². The predicted molar refractivity (Wildman–Crippen MR) is 89.9 cm³/mol. The minimum atomic E-state index is 0.741. The summed E-state index contributed by atoms with van der Waals surface area (Å²) in [7, 11) is 0. The molecular weight excluding hydrogens is 278 g/mol. The molecule has 1 aliphatic heterocycles. The molecule has 4 heteroatoms. The van der Waals surface area contributed by atoms with Gasteiger partial charge in [0.15, 0.2) is 4.77 Å². The van der Waals surface area contributed by atoms with E-state index in [0.29, 0.717) is 0 Å². The maximum absolute atomic E-state index is 5.47. The molecule has 4 rings (SSSR count). The molecule has 0 atom stereocenters. The van der Waals surface area contributed by atoms with Crippen LogP contribution in [0.1, 0.15) is 12.8 Å². The highest BCUT2D eigenvalue weighted by Gasteiger charge is 2.12. The number of aromatic nitrogens is 2. The van der Waals surface area contributed by atoms with Crippen LogP contribution in [-0.2, 0) is 0 Å². The highest BCUT2D eigenvalue weighted by atomic mass is 32.1. The Bertz CT molecular complexity index is 823. The number of fused-ring (bicyclic) bond motifs is 1. The van der Waals surface area contributed by atoms with E-state index in [1.807, 2.05) is 12.1 Å². The van der Waals surface area contributed by atoms with Crippen molar-refractivity contribution in [3.63, 3.8) is 0 Å². The van der Waals surface area contributed by atoms with Crippen LogP contribution >= 0.6 is 12.2 Å². The van der Waals surface area contributed by atoms with Crippen molar-refractivity contribution >= 4 is 28.9 Å². The quantitative estimate of drug-likeness (QED) is 0.713. The van der Waals surface area contributed by atoms with E-state index >= 15 is 0 Å². The zero-order valence-corrected chi connectivity index (χ0v) is 12.6. The second kappa shape index (κ2) is 5.04. The number of aromatic amines is 1. The first-order valence-corrected chi connectivity index (χ1v) is 7.79. The van der Waals surface area contributed by atoms with E-state index in [-0.39, 0.29) is 0 Å². The Labute approximate surface area is 128 Å². The zero-order chi connectivity index (χ0) is 14.2. The topological polar surface area (TPSA) is 24.0 Å². The van der Waals surface area contributed by atoms with Crippen molar-refractivity contribution in [2.45, 2.75) is 12.8 Å². The van der Waals surface area contributed by atoms with Crippen molar-refractivity contribution < 1.29 is 0 Å². The van der Waals surface area contributed by atoms with E-state index in [1.165, 1.54) is 31.6 Å². The van der Waals surface area contributed by atoms with Crippen LogP contribution in [0.3, 0.4) is 0 Å². The lowest BCUT2D eigenvalue weighted by atomic mass is 10.2. The number of hydrogen-bond acceptors (Lipinski definition) is 2. The minimum Gasteiger partial charge on any atom is -0.372 e. The van der Waals surface area contributed by atoms with Crippen LogP contribution in [0.4, 0.5) is 5.69 Å². The Hall–Kier alpha value is -2.07. The van der Waals surface area contributed by atoms with E-state index in [2.05, 4.69) is 50.8 Å². The molecule has 0 saturated carbocycles. The smallest absolute Gasteiger partial charge is 0.182 e. The van der Waals surface area contributed by atoms with Gasteiger partial charge in [0.25, 0.3) is 0 Å². The molecule has 2 aromatic carbocycles. The first-order valence-electron chi connectivity index (χ1n) is 7.38. The number of nitrogens with one attached hydrogen (secondary N) is 1. The number of benzene rings is 2. The van der Waals surface area contributed by atoms with Crippen LogP contribution < -0.4 is 4.90 Å². The van der Waals surface area contributed by atoms with E-state index in [4.69, 9.17) is 12.2 Å². The third-order valence-corrected chi connectivity index (χ3v) is 4.45. The number of imidazole rings is 1. The Morgan fingerprint density at radius 1 is 0.857 bits per heavy atom. The maximum Gasteiger partial charge on any atom is 0.182 e. The van der Waals surface area contributed by atoms with Crippen LogP contribution in [0.15, 0.2) is 48.5 Å². The van der Waals surface area contributed by atoms with Gasteiger partial charge in [-0.05, 0) is 61.5 Å². The molecule has 1 aromatic heterocycles. The summed E-state index contributed by atoms with van der Waals surface area (Å²) >= 11 is 5.47. The summed E-state index contributed by atoms with van der Waals surface area (Å²) in [5.41, 5.74) is 4.62. The van der Waals surface area contributed by atoms with Gasteiger partial charge in [-0.1, -0.05) is 12.1 Å². The molecule has 106 valence electrons. The number of rotatable bonds is 2. The summed E-state index contributed by atoms with van der Waals surface area (Å²) in [5, 5.41) is 0. The van der Waals surface area contributed by atoms with Crippen LogP contribution in [0.25, 0.3) is 16.7 Å². The lowest BCUT2D eigenvalue weighted by Gasteiger charge is -2.17. The molecule has 1 saturated heterocycles. The third kappa shape index (κ3) is 2.16. The van der Waals surface area contributed by atoms with Crippen molar-refractivity contribution in [1.82, 2.24) is 9.55 Å². The van der Waals surface area contributed by atoms with Gasteiger partial charge in [0.2, 0.25) is 0 Å². The molecular formula is C17H17N3S. The molecule has 1 fully saturated rings. The van der Waals surface area contributed by atoms with Crippen molar-refractivity contribution in [1.29, 1.82) is 0 Å². The van der Waals surface area contributed by atoms with E-state index in [9.17, 15) is 0 Å². The SMILES string of the molecule is S=c1[nH]c2ccccc2n1-c1ccc(N2CCCC2)cc1. The van der Waals surface area contributed by atoms with E-state index < -0.39 is 0 Å². The number of hydrogen-bond donors (Lipinski definition) is 1. The van der Waals surface area contributed by atoms with E-state index in [1.54, 1.807) is 0 Å². The fourth-order valence-electron chi connectivity index (χ4n) is 3.10. The number of nitrogens with zero attached hydrogens (tertiary/aromatic N) is 2. The molecule has 0 aliphatic carbocycles. The molecule has 0 unspecified atom stereocenters.